The van der Waals surface area contributed by atoms with E-state index in [9.17, 15) is 5.11 Å². The van der Waals surface area contributed by atoms with Crippen LogP contribution < -0.4 is 10.5 Å². The second-order valence-corrected chi connectivity index (χ2v) is 5.47. The van der Waals surface area contributed by atoms with Crippen molar-refractivity contribution < 1.29 is 9.84 Å². The molecule has 1 aliphatic carbocycles. The topological polar surface area (TPSA) is 55.5 Å². The average Bonchev–Trinajstić information content (AvgIpc) is 2.85. The molecule has 1 aromatic rings. The second kappa shape index (κ2) is 5.27. The molecule has 0 radical (unpaired) electrons. The van der Waals surface area contributed by atoms with Gasteiger partial charge in [-0.2, -0.15) is 0 Å². The van der Waals surface area contributed by atoms with E-state index in [1.165, 1.54) is 12.8 Å². The van der Waals surface area contributed by atoms with Crippen LogP contribution in [0.25, 0.3) is 0 Å². The van der Waals surface area contributed by atoms with Gasteiger partial charge >= 0.3 is 0 Å². The normalized spacial score (nSPS) is 18.3. The Labute approximate surface area is 110 Å². The van der Waals surface area contributed by atoms with Crippen LogP contribution in [0.4, 0.5) is 0 Å². The number of hydrogen-bond acceptors (Lipinski definition) is 3. The van der Waals surface area contributed by atoms with E-state index < -0.39 is 0 Å². The highest BCUT2D eigenvalue weighted by Crippen LogP contribution is 2.41. The van der Waals surface area contributed by atoms with Gasteiger partial charge in [0.1, 0.15) is 11.5 Å². The molecule has 1 atom stereocenters. The third kappa shape index (κ3) is 2.58. The summed E-state index contributed by atoms with van der Waals surface area (Å²) in [6.07, 6.45) is 4.78. The van der Waals surface area contributed by atoms with Crippen LogP contribution in [0.2, 0.25) is 0 Å². The van der Waals surface area contributed by atoms with E-state index in [1.54, 1.807) is 13.2 Å². The predicted octanol–water partition coefficient (Wildman–Crippen LogP) is 3.35. The molecule has 0 bridgehead atoms. The number of benzene rings is 1. The zero-order valence-electron chi connectivity index (χ0n) is 9.95. The lowest BCUT2D eigenvalue weighted by atomic mass is 9.92. The maximum Gasteiger partial charge on any atom is 0.134 e. The molecule has 3 nitrogen and oxygen atoms in total. The van der Waals surface area contributed by atoms with Gasteiger partial charge in [-0.15, -0.1) is 0 Å². The van der Waals surface area contributed by atoms with Crippen molar-refractivity contribution in [2.75, 3.05) is 7.11 Å². The summed E-state index contributed by atoms with van der Waals surface area (Å²) in [6.45, 7) is 0. The summed E-state index contributed by atoms with van der Waals surface area (Å²) in [5.74, 6) is 1.43. The Hall–Kier alpha value is -0.740. The van der Waals surface area contributed by atoms with Gasteiger partial charge in [0.15, 0.2) is 0 Å². The van der Waals surface area contributed by atoms with Gasteiger partial charge in [0, 0.05) is 11.6 Å². The van der Waals surface area contributed by atoms with Crippen molar-refractivity contribution in [1.29, 1.82) is 0 Å². The van der Waals surface area contributed by atoms with Crippen molar-refractivity contribution in [2.24, 2.45) is 11.7 Å². The van der Waals surface area contributed by atoms with Gasteiger partial charge in [0.05, 0.1) is 11.6 Å². The number of phenolic OH excluding ortho intramolecular Hbond substituents is 1. The molecule has 0 aliphatic heterocycles. The average molecular weight is 300 g/mol. The minimum absolute atomic E-state index is 0.108. The molecule has 94 valence electrons. The molecule has 0 aromatic heterocycles. The van der Waals surface area contributed by atoms with E-state index in [1.807, 2.05) is 6.07 Å². The minimum Gasteiger partial charge on any atom is -0.506 e. The molecule has 0 spiro atoms. The standard InChI is InChI=1S/C13H18BrNO2/c1-17-9-6-10(13(16)11(14)7-9)12(15)8-4-2-3-5-8/h6-8,12,16H,2-5,15H2,1H3/t12-/m1/s1. The number of methoxy groups -OCH3 is 1. The maximum absolute atomic E-state index is 10.1. The molecule has 1 fully saturated rings. The first-order valence-corrected chi connectivity index (χ1v) is 6.74. The fraction of sp³-hybridized carbons (Fsp3) is 0.538. The fourth-order valence-electron chi connectivity index (χ4n) is 2.54. The summed E-state index contributed by atoms with van der Waals surface area (Å²) >= 11 is 3.33. The molecule has 0 saturated heterocycles. The number of ether oxygens (including phenoxy) is 1. The van der Waals surface area contributed by atoms with Crippen LogP contribution in [-0.4, -0.2) is 12.2 Å². The molecule has 1 aliphatic rings. The largest absolute Gasteiger partial charge is 0.506 e. The summed E-state index contributed by atoms with van der Waals surface area (Å²) in [4.78, 5) is 0. The Kier molecular flexibility index (Phi) is 3.94. The Morgan fingerprint density at radius 3 is 2.65 bits per heavy atom. The van der Waals surface area contributed by atoms with Crippen LogP contribution in [0, 0.1) is 5.92 Å². The van der Waals surface area contributed by atoms with Crippen molar-refractivity contribution in [3.8, 4) is 11.5 Å². The zero-order chi connectivity index (χ0) is 12.4. The zero-order valence-corrected chi connectivity index (χ0v) is 11.5. The molecule has 0 amide bonds. The summed E-state index contributed by atoms with van der Waals surface area (Å²) in [6, 6.07) is 3.48. The van der Waals surface area contributed by atoms with Crippen LogP contribution in [0.5, 0.6) is 11.5 Å². The Balaban J connectivity index is 2.32. The van der Waals surface area contributed by atoms with Crippen molar-refractivity contribution in [3.63, 3.8) is 0 Å². The van der Waals surface area contributed by atoms with Gasteiger partial charge in [-0.3, -0.25) is 0 Å². The first kappa shape index (κ1) is 12.7. The van der Waals surface area contributed by atoms with Gasteiger partial charge in [-0.1, -0.05) is 12.8 Å². The van der Waals surface area contributed by atoms with Crippen molar-refractivity contribution >= 4 is 15.9 Å². The molecule has 4 heteroatoms. The summed E-state index contributed by atoms with van der Waals surface area (Å²) < 4.78 is 5.85. The van der Waals surface area contributed by atoms with Gasteiger partial charge in [-0.05, 0) is 46.8 Å². The Morgan fingerprint density at radius 1 is 1.41 bits per heavy atom. The Bertz CT molecular complexity index is 403. The molecule has 0 heterocycles. The molecule has 1 saturated carbocycles. The van der Waals surface area contributed by atoms with Gasteiger partial charge in [-0.25, -0.2) is 0 Å². The first-order valence-electron chi connectivity index (χ1n) is 5.95. The minimum atomic E-state index is -0.108. The number of nitrogens with two attached hydrogens (primary N) is 1. The van der Waals surface area contributed by atoms with E-state index >= 15 is 0 Å². The molecule has 3 N–H and O–H groups in total. The third-order valence-corrected chi connectivity index (χ3v) is 4.17. The monoisotopic (exact) mass is 299 g/mol. The van der Waals surface area contributed by atoms with Crippen LogP contribution in [0.3, 0.4) is 0 Å². The molecule has 1 aromatic carbocycles. The third-order valence-electron chi connectivity index (χ3n) is 3.57. The summed E-state index contributed by atoms with van der Waals surface area (Å²) in [7, 11) is 1.61. The quantitative estimate of drug-likeness (QED) is 0.900. The predicted molar refractivity (Wildman–Crippen MR) is 71.2 cm³/mol. The van der Waals surface area contributed by atoms with Crippen LogP contribution in [-0.2, 0) is 0 Å². The van der Waals surface area contributed by atoms with Crippen LogP contribution in [0.1, 0.15) is 37.3 Å². The highest BCUT2D eigenvalue weighted by molar-refractivity contribution is 9.10. The second-order valence-electron chi connectivity index (χ2n) is 4.62. The highest BCUT2D eigenvalue weighted by atomic mass is 79.9. The number of hydrogen-bond donors (Lipinski definition) is 2. The van der Waals surface area contributed by atoms with E-state index in [2.05, 4.69) is 15.9 Å². The molecule has 2 rings (SSSR count). The molecular weight excluding hydrogens is 282 g/mol. The fourth-order valence-corrected chi connectivity index (χ4v) is 2.99. The lowest BCUT2D eigenvalue weighted by Crippen LogP contribution is -2.19. The number of halogens is 1. The van der Waals surface area contributed by atoms with Crippen LogP contribution in [0.15, 0.2) is 16.6 Å². The van der Waals surface area contributed by atoms with E-state index in [0.29, 0.717) is 10.4 Å². The van der Waals surface area contributed by atoms with Crippen molar-refractivity contribution in [2.45, 2.75) is 31.7 Å². The van der Waals surface area contributed by atoms with E-state index in [-0.39, 0.29) is 11.8 Å². The van der Waals surface area contributed by atoms with Crippen molar-refractivity contribution in [3.05, 3.63) is 22.2 Å². The summed E-state index contributed by atoms with van der Waals surface area (Å²) in [5.41, 5.74) is 7.04. The van der Waals surface area contributed by atoms with Crippen molar-refractivity contribution in [1.82, 2.24) is 0 Å². The Morgan fingerprint density at radius 2 is 2.06 bits per heavy atom. The SMILES string of the molecule is COc1cc(Br)c(O)c([C@H](N)C2CCCC2)c1. The number of aromatic hydroxyl groups is 1. The summed E-state index contributed by atoms with van der Waals surface area (Å²) in [5, 5.41) is 10.1. The lowest BCUT2D eigenvalue weighted by Gasteiger charge is -2.21. The molecule has 0 unspecified atom stereocenters. The molecular formula is C13H18BrNO2. The maximum atomic E-state index is 10.1. The highest BCUT2D eigenvalue weighted by Gasteiger charge is 2.26. The van der Waals surface area contributed by atoms with Gasteiger partial charge < -0.3 is 15.6 Å². The number of phenols is 1. The molecule has 17 heavy (non-hydrogen) atoms. The van der Waals surface area contributed by atoms with Gasteiger partial charge in [0.25, 0.3) is 0 Å². The number of rotatable bonds is 3. The first-order chi connectivity index (χ1) is 8.13. The van der Waals surface area contributed by atoms with E-state index in [0.717, 1.165) is 24.2 Å². The smallest absolute Gasteiger partial charge is 0.134 e. The van der Waals surface area contributed by atoms with Crippen LogP contribution >= 0.6 is 15.9 Å². The van der Waals surface area contributed by atoms with E-state index in [4.69, 9.17) is 10.5 Å². The van der Waals surface area contributed by atoms with Gasteiger partial charge in [0.2, 0.25) is 0 Å². The lowest BCUT2D eigenvalue weighted by molar-refractivity contribution is 0.394.